The van der Waals surface area contributed by atoms with E-state index in [0.717, 1.165) is 29.7 Å². The van der Waals surface area contributed by atoms with Crippen LogP contribution >= 0.6 is 15.9 Å². The number of hydrogen-bond donors (Lipinski definition) is 1. The molecule has 17 heavy (non-hydrogen) atoms. The maximum absolute atomic E-state index is 4.06. The molecule has 1 unspecified atom stereocenters. The molecule has 0 aliphatic rings. The number of hydrogen-bond acceptors (Lipinski definition) is 3. The summed E-state index contributed by atoms with van der Waals surface area (Å²) in [5, 5.41) is 11.7. The van der Waals surface area contributed by atoms with Gasteiger partial charge in [-0.1, -0.05) is 32.9 Å². The van der Waals surface area contributed by atoms with Gasteiger partial charge in [-0.15, -0.1) is 5.10 Å². The first kappa shape index (κ1) is 14.6. The highest BCUT2D eigenvalue weighted by Crippen LogP contribution is 2.31. The van der Waals surface area contributed by atoms with Crippen LogP contribution in [0.3, 0.4) is 0 Å². The number of rotatable bonds is 5. The second-order valence-corrected chi connectivity index (χ2v) is 6.41. The van der Waals surface area contributed by atoms with Gasteiger partial charge in [0.05, 0.1) is 11.7 Å². The normalized spacial score (nSPS) is 14.0. The quantitative estimate of drug-likeness (QED) is 0.909. The third-order valence-corrected chi connectivity index (χ3v) is 3.18. The number of nitrogens with one attached hydrogen (secondary N) is 1. The summed E-state index contributed by atoms with van der Waals surface area (Å²) < 4.78 is 2.70. The van der Waals surface area contributed by atoms with E-state index in [1.54, 1.807) is 0 Å². The predicted molar refractivity (Wildman–Crippen MR) is 73.8 cm³/mol. The van der Waals surface area contributed by atoms with Crippen LogP contribution < -0.4 is 5.32 Å². The summed E-state index contributed by atoms with van der Waals surface area (Å²) in [6.07, 6.45) is 2.19. The van der Waals surface area contributed by atoms with Crippen molar-refractivity contribution in [1.29, 1.82) is 0 Å². The third-order valence-electron chi connectivity index (χ3n) is 2.61. The zero-order chi connectivity index (χ0) is 13.1. The van der Waals surface area contributed by atoms with Gasteiger partial charge in [-0.2, -0.15) is 0 Å². The molecule has 0 spiro atoms. The van der Waals surface area contributed by atoms with Crippen LogP contribution in [0.5, 0.6) is 0 Å². The average molecular weight is 303 g/mol. The molecule has 1 aromatic heterocycles. The zero-order valence-electron chi connectivity index (χ0n) is 11.4. The van der Waals surface area contributed by atoms with Crippen molar-refractivity contribution in [3.63, 3.8) is 0 Å². The minimum Gasteiger partial charge on any atom is -0.309 e. The summed E-state index contributed by atoms with van der Waals surface area (Å²) >= 11 is 3.48. The fourth-order valence-corrected chi connectivity index (χ4v) is 2.51. The lowest BCUT2D eigenvalue weighted by Gasteiger charge is -2.27. The second-order valence-electron chi connectivity index (χ2n) is 5.66. The molecule has 0 aromatic carbocycles. The van der Waals surface area contributed by atoms with Gasteiger partial charge in [0.25, 0.3) is 0 Å². The van der Waals surface area contributed by atoms with Gasteiger partial charge in [0.1, 0.15) is 0 Å². The van der Waals surface area contributed by atoms with E-state index >= 15 is 0 Å². The molecule has 4 nitrogen and oxygen atoms in total. The van der Waals surface area contributed by atoms with Gasteiger partial charge in [-0.3, -0.25) is 0 Å². The molecule has 0 saturated carbocycles. The number of aromatic nitrogens is 3. The Morgan fingerprint density at radius 2 is 2.06 bits per heavy atom. The highest BCUT2D eigenvalue weighted by Gasteiger charge is 2.24. The van der Waals surface area contributed by atoms with Crippen molar-refractivity contribution in [1.82, 2.24) is 20.3 Å². The zero-order valence-corrected chi connectivity index (χ0v) is 13.0. The van der Waals surface area contributed by atoms with E-state index in [1.807, 2.05) is 11.7 Å². The summed E-state index contributed by atoms with van der Waals surface area (Å²) in [5.41, 5.74) is 1.41. The van der Waals surface area contributed by atoms with E-state index in [1.165, 1.54) is 0 Å². The summed E-state index contributed by atoms with van der Waals surface area (Å²) in [4.78, 5) is 0. The second kappa shape index (κ2) is 5.96. The van der Waals surface area contributed by atoms with Crippen LogP contribution in [0.4, 0.5) is 0 Å². The SMILES string of the molecule is CCCNC(CC(C)(C)C)c1c(Br)nnn1C. The molecule has 0 radical (unpaired) electrons. The molecule has 0 amide bonds. The molecular weight excluding hydrogens is 280 g/mol. The molecule has 1 aromatic rings. The first-order chi connectivity index (χ1) is 7.85. The largest absolute Gasteiger partial charge is 0.309 e. The monoisotopic (exact) mass is 302 g/mol. The van der Waals surface area contributed by atoms with Gasteiger partial charge in [0.2, 0.25) is 0 Å². The topological polar surface area (TPSA) is 42.7 Å². The predicted octanol–water partition coefficient (Wildman–Crippen LogP) is 3.05. The van der Waals surface area contributed by atoms with Gasteiger partial charge in [0.15, 0.2) is 4.60 Å². The van der Waals surface area contributed by atoms with E-state index in [9.17, 15) is 0 Å². The fourth-order valence-electron chi connectivity index (χ4n) is 1.91. The van der Waals surface area contributed by atoms with Crippen molar-refractivity contribution >= 4 is 15.9 Å². The van der Waals surface area contributed by atoms with Crippen LogP contribution in [0.15, 0.2) is 4.60 Å². The molecule has 1 rings (SSSR count). The molecule has 1 N–H and O–H groups in total. The van der Waals surface area contributed by atoms with Crippen LogP contribution in [-0.4, -0.2) is 21.5 Å². The van der Waals surface area contributed by atoms with Crippen molar-refractivity contribution in [2.75, 3.05) is 6.54 Å². The minimum atomic E-state index is 0.273. The van der Waals surface area contributed by atoms with Crippen LogP contribution in [-0.2, 0) is 7.05 Å². The van der Waals surface area contributed by atoms with E-state index in [2.05, 4.69) is 59.3 Å². The summed E-state index contributed by atoms with van der Waals surface area (Å²) in [6.45, 7) is 9.96. The Morgan fingerprint density at radius 3 is 2.47 bits per heavy atom. The van der Waals surface area contributed by atoms with Gasteiger partial charge in [-0.05, 0) is 40.7 Å². The lowest BCUT2D eigenvalue weighted by Crippen LogP contribution is -2.28. The molecule has 0 saturated heterocycles. The lowest BCUT2D eigenvalue weighted by atomic mass is 9.87. The van der Waals surface area contributed by atoms with E-state index in [4.69, 9.17) is 0 Å². The number of aryl methyl sites for hydroxylation is 1. The molecule has 0 bridgehead atoms. The molecule has 1 heterocycles. The van der Waals surface area contributed by atoms with Crippen LogP contribution in [0.25, 0.3) is 0 Å². The minimum absolute atomic E-state index is 0.273. The van der Waals surface area contributed by atoms with Gasteiger partial charge in [-0.25, -0.2) is 4.68 Å². The van der Waals surface area contributed by atoms with Crippen molar-refractivity contribution in [3.8, 4) is 0 Å². The van der Waals surface area contributed by atoms with Gasteiger partial charge < -0.3 is 5.32 Å². The fraction of sp³-hybridized carbons (Fsp3) is 0.833. The van der Waals surface area contributed by atoms with Crippen molar-refractivity contribution in [2.45, 2.75) is 46.6 Å². The van der Waals surface area contributed by atoms with E-state index in [-0.39, 0.29) is 5.41 Å². The average Bonchev–Trinajstić information content (AvgIpc) is 2.52. The molecule has 98 valence electrons. The van der Waals surface area contributed by atoms with Crippen molar-refractivity contribution < 1.29 is 0 Å². The first-order valence-corrected chi connectivity index (χ1v) is 6.93. The Bertz CT molecular complexity index is 334. The number of nitrogens with zero attached hydrogens (tertiary/aromatic N) is 3. The van der Waals surface area contributed by atoms with Crippen LogP contribution in [0.2, 0.25) is 0 Å². The molecule has 5 heteroatoms. The third kappa shape index (κ3) is 4.39. The Kier molecular flexibility index (Phi) is 5.13. The summed E-state index contributed by atoms with van der Waals surface area (Å²) in [6, 6.07) is 0.296. The van der Waals surface area contributed by atoms with Gasteiger partial charge >= 0.3 is 0 Å². The van der Waals surface area contributed by atoms with E-state index < -0.39 is 0 Å². The highest BCUT2D eigenvalue weighted by atomic mass is 79.9. The maximum Gasteiger partial charge on any atom is 0.153 e. The van der Waals surface area contributed by atoms with Crippen LogP contribution in [0, 0.1) is 5.41 Å². The molecule has 1 atom stereocenters. The van der Waals surface area contributed by atoms with Crippen molar-refractivity contribution in [2.24, 2.45) is 12.5 Å². The molecule has 0 aliphatic heterocycles. The molecule has 0 aliphatic carbocycles. The van der Waals surface area contributed by atoms with Crippen LogP contribution in [0.1, 0.15) is 52.3 Å². The maximum atomic E-state index is 4.06. The molecule has 0 fully saturated rings. The lowest BCUT2D eigenvalue weighted by molar-refractivity contribution is 0.303. The smallest absolute Gasteiger partial charge is 0.153 e. The Labute approximate surface area is 112 Å². The Hall–Kier alpha value is -0.420. The standard InChI is InChI=1S/C12H23BrN4/c1-6-7-14-9(8-12(2,3)4)10-11(13)15-16-17(10)5/h9,14H,6-8H2,1-5H3. The van der Waals surface area contributed by atoms with Gasteiger partial charge in [0, 0.05) is 7.05 Å². The highest BCUT2D eigenvalue weighted by molar-refractivity contribution is 9.10. The Balaban J connectivity index is 2.90. The number of halogens is 1. The summed E-state index contributed by atoms with van der Waals surface area (Å²) in [5.74, 6) is 0. The Morgan fingerprint density at radius 1 is 1.41 bits per heavy atom. The van der Waals surface area contributed by atoms with Crippen molar-refractivity contribution in [3.05, 3.63) is 10.3 Å². The van der Waals surface area contributed by atoms with E-state index in [0.29, 0.717) is 6.04 Å². The first-order valence-electron chi connectivity index (χ1n) is 6.13. The summed E-state index contributed by atoms with van der Waals surface area (Å²) in [7, 11) is 1.94. The molecular formula is C12H23BrN4.